The van der Waals surface area contributed by atoms with Gasteiger partial charge in [-0.1, -0.05) is 48.5 Å². The van der Waals surface area contributed by atoms with Crippen LogP contribution in [-0.4, -0.2) is 28.3 Å². The summed E-state index contributed by atoms with van der Waals surface area (Å²) in [5, 5.41) is 13.3. The fourth-order valence-electron chi connectivity index (χ4n) is 2.97. The van der Waals surface area contributed by atoms with Crippen LogP contribution in [0.15, 0.2) is 83.6 Å². The molecule has 0 spiro atoms. The molecule has 1 unspecified atom stereocenters. The molecule has 4 rings (SSSR count). The second kappa shape index (κ2) is 5.70. The number of carboxylic acid groups (broad SMARTS) is 1. The number of hydrazine groups is 1. The molecule has 2 aliphatic heterocycles. The predicted octanol–water partition coefficient (Wildman–Crippen LogP) is 3.14. The van der Waals surface area contributed by atoms with Crippen LogP contribution in [0.1, 0.15) is 5.56 Å². The maximum atomic E-state index is 11.8. The number of nitrogens with zero attached hydrogens (tertiary/aromatic N) is 3. The van der Waals surface area contributed by atoms with Gasteiger partial charge >= 0.3 is 5.97 Å². The van der Waals surface area contributed by atoms with Crippen molar-refractivity contribution in [2.24, 2.45) is 4.99 Å². The van der Waals surface area contributed by atoms with Crippen LogP contribution in [0, 0.1) is 0 Å². The van der Waals surface area contributed by atoms with Gasteiger partial charge in [-0.05, 0) is 24.3 Å². The van der Waals surface area contributed by atoms with Crippen molar-refractivity contribution in [2.45, 2.75) is 6.04 Å². The molecule has 5 nitrogen and oxygen atoms in total. The molecule has 2 aromatic rings. The summed E-state index contributed by atoms with van der Waals surface area (Å²) in [6, 6.07) is 18.6. The molecule has 0 saturated carbocycles. The van der Waals surface area contributed by atoms with E-state index in [1.165, 1.54) is 0 Å². The highest BCUT2D eigenvalue weighted by molar-refractivity contribution is 5.91. The average Bonchev–Trinajstić information content (AvgIpc) is 3.03. The molecule has 0 aromatic heterocycles. The number of hydrogen-bond acceptors (Lipinski definition) is 4. The van der Waals surface area contributed by atoms with Gasteiger partial charge in [-0.3, -0.25) is 5.01 Å². The molecule has 2 aromatic carbocycles. The summed E-state index contributed by atoms with van der Waals surface area (Å²) in [5.41, 5.74) is 2.70. The Morgan fingerprint density at radius 2 is 1.67 bits per heavy atom. The van der Waals surface area contributed by atoms with Crippen molar-refractivity contribution in [3.8, 4) is 0 Å². The minimum Gasteiger partial charge on any atom is -0.479 e. The highest BCUT2D eigenvalue weighted by atomic mass is 16.4. The van der Waals surface area contributed by atoms with Gasteiger partial charge in [0.2, 0.25) is 0 Å². The summed E-state index contributed by atoms with van der Waals surface area (Å²) in [7, 11) is 0. The Balaban J connectivity index is 1.84. The van der Waals surface area contributed by atoms with E-state index in [2.05, 4.69) is 4.99 Å². The average molecular weight is 317 g/mol. The summed E-state index contributed by atoms with van der Waals surface area (Å²) in [6.45, 7) is 0. The Morgan fingerprint density at radius 3 is 2.33 bits per heavy atom. The van der Waals surface area contributed by atoms with Crippen LogP contribution < -0.4 is 5.01 Å². The number of rotatable bonds is 3. The molecule has 0 radical (unpaired) electrons. The van der Waals surface area contributed by atoms with E-state index in [-0.39, 0.29) is 0 Å². The number of anilines is 1. The predicted molar refractivity (Wildman–Crippen MR) is 93.2 cm³/mol. The first kappa shape index (κ1) is 14.3. The zero-order valence-corrected chi connectivity index (χ0v) is 12.8. The second-order valence-electron chi connectivity index (χ2n) is 5.50. The summed E-state index contributed by atoms with van der Waals surface area (Å²) in [4.78, 5) is 16.1. The van der Waals surface area contributed by atoms with E-state index >= 15 is 0 Å². The minimum absolute atomic E-state index is 0.618. The Labute approximate surface area is 139 Å². The number of carbonyl (C=O) groups is 1. The number of benzene rings is 2. The quantitative estimate of drug-likeness (QED) is 0.945. The van der Waals surface area contributed by atoms with E-state index < -0.39 is 12.0 Å². The first-order valence-electron chi connectivity index (χ1n) is 7.64. The summed E-state index contributed by atoms with van der Waals surface area (Å²) < 4.78 is 0. The molecule has 1 N–H and O–H groups in total. The van der Waals surface area contributed by atoms with Crippen molar-refractivity contribution in [3.05, 3.63) is 84.2 Å². The lowest BCUT2D eigenvalue weighted by Gasteiger charge is -2.37. The lowest BCUT2D eigenvalue weighted by Crippen LogP contribution is -2.45. The van der Waals surface area contributed by atoms with Gasteiger partial charge in [0.25, 0.3) is 0 Å². The second-order valence-corrected chi connectivity index (χ2v) is 5.50. The molecule has 2 heterocycles. The van der Waals surface area contributed by atoms with Crippen molar-refractivity contribution in [1.82, 2.24) is 5.01 Å². The Hall–Kier alpha value is -3.34. The van der Waals surface area contributed by atoms with E-state index in [0.29, 0.717) is 5.82 Å². The van der Waals surface area contributed by atoms with Gasteiger partial charge in [0, 0.05) is 11.8 Å². The maximum absolute atomic E-state index is 11.8. The van der Waals surface area contributed by atoms with Gasteiger partial charge < -0.3 is 5.11 Å². The molecule has 0 aliphatic carbocycles. The van der Waals surface area contributed by atoms with Gasteiger partial charge in [-0.25, -0.2) is 14.8 Å². The number of carboxylic acids is 1. The van der Waals surface area contributed by atoms with E-state index in [1.54, 1.807) is 17.3 Å². The van der Waals surface area contributed by atoms with E-state index in [9.17, 15) is 9.90 Å². The smallest absolute Gasteiger partial charge is 0.332 e. The van der Waals surface area contributed by atoms with Gasteiger partial charge in [0.05, 0.1) is 11.4 Å². The lowest BCUT2D eigenvalue weighted by molar-refractivity contribution is -0.137. The van der Waals surface area contributed by atoms with Crippen LogP contribution in [0.2, 0.25) is 0 Å². The fraction of sp³-hybridized carbons (Fsp3) is 0.0526. The standard InChI is InChI=1S/C19H15N3O2/c23-19(24)17-13-18-20-12-11-16(14-7-3-1-4-8-14)22(18)21(17)15-9-5-2-6-10-15/h1-13,17H,(H,23,24). The van der Waals surface area contributed by atoms with Crippen molar-refractivity contribution in [1.29, 1.82) is 0 Å². The molecule has 0 amide bonds. The molecule has 5 heteroatoms. The van der Waals surface area contributed by atoms with E-state index in [1.807, 2.05) is 71.7 Å². The molecule has 1 atom stereocenters. The maximum Gasteiger partial charge on any atom is 0.332 e. The Morgan fingerprint density at radius 1 is 1.00 bits per heavy atom. The third kappa shape index (κ3) is 2.27. The van der Waals surface area contributed by atoms with Gasteiger partial charge in [0.1, 0.15) is 0 Å². The normalized spacial score (nSPS) is 18.9. The van der Waals surface area contributed by atoms with Gasteiger partial charge in [-0.2, -0.15) is 0 Å². The number of aliphatic carboxylic acids is 1. The first-order chi connectivity index (χ1) is 11.8. The van der Waals surface area contributed by atoms with E-state index in [0.717, 1.165) is 16.9 Å². The highest BCUT2D eigenvalue weighted by Crippen LogP contribution is 2.37. The van der Waals surface area contributed by atoms with E-state index in [4.69, 9.17) is 0 Å². The monoisotopic (exact) mass is 317 g/mol. The van der Waals surface area contributed by atoms with Crippen molar-refractivity contribution < 1.29 is 9.90 Å². The first-order valence-corrected chi connectivity index (χ1v) is 7.64. The number of hydrogen-bond donors (Lipinski definition) is 1. The van der Waals surface area contributed by atoms with Crippen molar-refractivity contribution >= 4 is 23.6 Å². The molecular weight excluding hydrogens is 302 g/mol. The van der Waals surface area contributed by atoms with Gasteiger partial charge in [-0.15, -0.1) is 0 Å². The molecule has 0 saturated heterocycles. The SMILES string of the molecule is O=C(O)C1C=C2N=CC=C(c3ccccc3)N2N1c1ccccc1. The summed E-state index contributed by atoms with van der Waals surface area (Å²) in [5.74, 6) is -0.295. The third-order valence-corrected chi connectivity index (χ3v) is 4.01. The summed E-state index contributed by atoms with van der Waals surface area (Å²) in [6.07, 6.45) is 5.27. The van der Waals surface area contributed by atoms with Crippen LogP contribution in [0.25, 0.3) is 5.70 Å². The lowest BCUT2D eigenvalue weighted by atomic mass is 10.1. The van der Waals surface area contributed by atoms with Gasteiger partial charge in [0.15, 0.2) is 11.9 Å². The van der Waals surface area contributed by atoms with Crippen molar-refractivity contribution in [2.75, 3.05) is 5.01 Å². The Kier molecular flexibility index (Phi) is 3.39. The molecule has 0 fully saturated rings. The van der Waals surface area contributed by atoms with Crippen LogP contribution >= 0.6 is 0 Å². The molecule has 0 bridgehead atoms. The number of allylic oxidation sites excluding steroid dienone is 1. The zero-order chi connectivity index (χ0) is 16.5. The topological polar surface area (TPSA) is 56.1 Å². The number of para-hydroxylation sites is 1. The Bertz CT molecular complexity index is 857. The molecular formula is C19H15N3O2. The number of aliphatic imine (C=N–C) groups is 1. The minimum atomic E-state index is -0.914. The van der Waals surface area contributed by atoms with Crippen LogP contribution in [0.4, 0.5) is 5.69 Å². The zero-order valence-electron chi connectivity index (χ0n) is 12.8. The van der Waals surface area contributed by atoms with Crippen LogP contribution in [0.5, 0.6) is 0 Å². The molecule has 24 heavy (non-hydrogen) atoms. The fourth-order valence-corrected chi connectivity index (χ4v) is 2.97. The van der Waals surface area contributed by atoms with Crippen LogP contribution in [-0.2, 0) is 4.79 Å². The van der Waals surface area contributed by atoms with Crippen LogP contribution in [0.3, 0.4) is 0 Å². The molecule has 2 aliphatic rings. The summed E-state index contributed by atoms with van der Waals surface area (Å²) >= 11 is 0. The highest BCUT2D eigenvalue weighted by Gasteiger charge is 2.39. The molecule has 118 valence electrons. The largest absolute Gasteiger partial charge is 0.479 e. The number of fused-ring (bicyclic) bond motifs is 1. The van der Waals surface area contributed by atoms with Crippen molar-refractivity contribution in [3.63, 3.8) is 0 Å². The third-order valence-electron chi connectivity index (χ3n) is 4.01.